The van der Waals surface area contributed by atoms with E-state index in [0.717, 1.165) is 61.6 Å². The van der Waals surface area contributed by atoms with Crippen molar-refractivity contribution < 1.29 is 0 Å². The van der Waals surface area contributed by atoms with Gasteiger partial charge < -0.3 is 9.13 Å². The van der Waals surface area contributed by atoms with Gasteiger partial charge in [0, 0.05) is 49.6 Å². The van der Waals surface area contributed by atoms with Gasteiger partial charge in [-0.25, -0.2) is 9.97 Å². The molecule has 4 nitrogen and oxygen atoms in total. The standard InChI is InChI=1S/C55H38N4/c1-3-16-40-31-47-45-29-30-46-48-32-41-21-14-15-22-42(41)34-52(48)58(43-23-12-7-13-24-43)53(46)54(45)59(51(47)33-36(40)4-2)44-27-25-39(26-28-44)55-56-49(37-17-8-5-9-18-37)35-50(57-55)38-19-10-6-11-20-38/h3-35H,2H2,1H3/b16-3-. The van der Waals surface area contributed by atoms with Crippen LogP contribution in [0.3, 0.4) is 0 Å². The summed E-state index contributed by atoms with van der Waals surface area (Å²) in [6.45, 7) is 6.30. The predicted molar refractivity (Wildman–Crippen MR) is 249 cm³/mol. The van der Waals surface area contributed by atoms with Crippen LogP contribution in [0.2, 0.25) is 0 Å². The molecule has 0 spiro atoms. The van der Waals surface area contributed by atoms with Crippen LogP contribution < -0.4 is 0 Å². The van der Waals surface area contributed by atoms with Gasteiger partial charge in [0.1, 0.15) is 0 Å². The fourth-order valence-electron chi connectivity index (χ4n) is 8.82. The van der Waals surface area contributed by atoms with Crippen molar-refractivity contribution in [2.75, 3.05) is 0 Å². The quantitative estimate of drug-likeness (QED) is 0.162. The van der Waals surface area contributed by atoms with Crippen LogP contribution in [0, 0.1) is 0 Å². The van der Waals surface area contributed by atoms with Crippen LogP contribution in [-0.2, 0) is 0 Å². The molecule has 278 valence electrons. The number of hydrogen-bond acceptors (Lipinski definition) is 2. The van der Waals surface area contributed by atoms with Gasteiger partial charge in [-0.05, 0) is 95.6 Å². The molecule has 4 heteroatoms. The maximum Gasteiger partial charge on any atom is 0.160 e. The highest BCUT2D eigenvalue weighted by atomic mass is 15.0. The number of allylic oxidation sites excluding steroid dienone is 1. The molecule has 0 unspecified atom stereocenters. The van der Waals surface area contributed by atoms with Crippen molar-refractivity contribution >= 4 is 66.5 Å². The summed E-state index contributed by atoms with van der Waals surface area (Å²) in [5.41, 5.74) is 13.8. The highest BCUT2D eigenvalue weighted by Crippen LogP contribution is 2.43. The molecule has 0 N–H and O–H groups in total. The molecule has 0 atom stereocenters. The van der Waals surface area contributed by atoms with E-state index in [9.17, 15) is 0 Å². The molecule has 0 saturated carbocycles. The minimum absolute atomic E-state index is 0.683. The second-order valence-electron chi connectivity index (χ2n) is 15.0. The highest BCUT2D eigenvalue weighted by Gasteiger charge is 2.23. The normalized spacial score (nSPS) is 11.8. The average molecular weight is 755 g/mol. The lowest BCUT2D eigenvalue weighted by atomic mass is 10.0. The SMILES string of the molecule is C=Cc1cc2c(cc1/C=C\C)c1ccc3c4cc5ccccc5cc4n(-c4ccccc4)c3c1n2-c1ccc(-c2nc(-c3ccccc3)cc(-c3ccccc3)n2)cc1. The van der Waals surface area contributed by atoms with Gasteiger partial charge in [-0.3, -0.25) is 0 Å². The molecule has 3 aromatic heterocycles. The summed E-state index contributed by atoms with van der Waals surface area (Å²) < 4.78 is 4.90. The second-order valence-corrected chi connectivity index (χ2v) is 15.0. The Bertz CT molecular complexity index is 3370. The van der Waals surface area contributed by atoms with Gasteiger partial charge in [0.15, 0.2) is 5.82 Å². The number of nitrogens with zero attached hydrogens (tertiary/aromatic N) is 4. The summed E-state index contributed by atoms with van der Waals surface area (Å²) in [5.74, 6) is 0.683. The van der Waals surface area contributed by atoms with Crippen LogP contribution in [0.4, 0.5) is 0 Å². The van der Waals surface area contributed by atoms with E-state index in [1.807, 2.05) is 18.2 Å². The Balaban J connectivity index is 1.20. The molecule has 0 bridgehead atoms. The zero-order valence-corrected chi connectivity index (χ0v) is 32.5. The fraction of sp³-hybridized carbons (Fsp3) is 0.0182. The first-order valence-electron chi connectivity index (χ1n) is 20.1. The molecule has 8 aromatic carbocycles. The first kappa shape index (κ1) is 34.4. The maximum absolute atomic E-state index is 5.14. The molecule has 0 aliphatic heterocycles. The monoisotopic (exact) mass is 754 g/mol. The van der Waals surface area contributed by atoms with Crippen LogP contribution in [0.25, 0.3) is 112 Å². The van der Waals surface area contributed by atoms with Gasteiger partial charge in [0.05, 0.1) is 33.5 Å². The highest BCUT2D eigenvalue weighted by molar-refractivity contribution is 6.25. The van der Waals surface area contributed by atoms with E-state index < -0.39 is 0 Å². The minimum atomic E-state index is 0.683. The summed E-state index contributed by atoms with van der Waals surface area (Å²) in [7, 11) is 0. The zero-order chi connectivity index (χ0) is 39.5. The Morgan fingerprint density at radius 1 is 0.441 bits per heavy atom. The Morgan fingerprint density at radius 2 is 0.949 bits per heavy atom. The summed E-state index contributed by atoms with van der Waals surface area (Å²) in [5, 5.41) is 7.25. The van der Waals surface area contributed by atoms with Crippen molar-refractivity contribution in [3.8, 4) is 45.3 Å². The van der Waals surface area contributed by atoms with Gasteiger partial charge in [-0.2, -0.15) is 0 Å². The molecule has 3 heterocycles. The number of benzene rings is 8. The fourth-order valence-corrected chi connectivity index (χ4v) is 8.82. The first-order chi connectivity index (χ1) is 29.2. The predicted octanol–water partition coefficient (Wildman–Crippen LogP) is 14.5. The van der Waals surface area contributed by atoms with Gasteiger partial charge >= 0.3 is 0 Å². The van der Waals surface area contributed by atoms with Crippen molar-refractivity contribution in [1.29, 1.82) is 0 Å². The molecule has 0 radical (unpaired) electrons. The first-order valence-corrected chi connectivity index (χ1v) is 20.1. The van der Waals surface area contributed by atoms with E-state index in [1.165, 1.54) is 43.4 Å². The smallest absolute Gasteiger partial charge is 0.160 e. The molecular formula is C55H38N4. The van der Waals surface area contributed by atoms with E-state index in [-0.39, 0.29) is 0 Å². The van der Waals surface area contributed by atoms with Crippen LogP contribution in [0.1, 0.15) is 18.1 Å². The number of aromatic nitrogens is 4. The van der Waals surface area contributed by atoms with Crippen LogP contribution >= 0.6 is 0 Å². The van der Waals surface area contributed by atoms with E-state index in [1.54, 1.807) is 0 Å². The second kappa shape index (κ2) is 14.0. The van der Waals surface area contributed by atoms with Crippen molar-refractivity contribution in [1.82, 2.24) is 19.1 Å². The molecule has 0 amide bonds. The average Bonchev–Trinajstić information content (AvgIpc) is 3.80. The van der Waals surface area contributed by atoms with Crippen molar-refractivity contribution in [2.24, 2.45) is 0 Å². The van der Waals surface area contributed by atoms with Crippen LogP contribution in [0.15, 0.2) is 195 Å². The topological polar surface area (TPSA) is 35.6 Å². The Hall–Kier alpha value is -7.82. The Kier molecular flexibility index (Phi) is 8.16. The van der Waals surface area contributed by atoms with E-state index in [4.69, 9.17) is 9.97 Å². The Morgan fingerprint density at radius 3 is 1.53 bits per heavy atom. The molecule has 59 heavy (non-hydrogen) atoms. The summed E-state index contributed by atoms with van der Waals surface area (Å²) in [4.78, 5) is 10.3. The maximum atomic E-state index is 5.14. The molecule has 0 aliphatic rings. The largest absolute Gasteiger partial charge is 0.307 e. The van der Waals surface area contributed by atoms with Crippen molar-refractivity contribution in [3.05, 3.63) is 206 Å². The lowest BCUT2D eigenvalue weighted by Crippen LogP contribution is -1.99. The Labute approximate surface area is 342 Å². The van der Waals surface area contributed by atoms with E-state index >= 15 is 0 Å². The third kappa shape index (κ3) is 5.68. The van der Waals surface area contributed by atoms with Crippen LogP contribution in [0.5, 0.6) is 0 Å². The van der Waals surface area contributed by atoms with E-state index in [2.05, 4.69) is 205 Å². The van der Waals surface area contributed by atoms with Gasteiger partial charge in [0.2, 0.25) is 0 Å². The van der Waals surface area contributed by atoms with E-state index in [0.29, 0.717) is 5.82 Å². The van der Waals surface area contributed by atoms with Crippen molar-refractivity contribution in [3.63, 3.8) is 0 Å². The zero-order valence-electron chi connectivity index (χ0n) is 32.5. The third-order valence-corrected chi connectivity index (χ3v) is 11.6. The van der Waals surface area contributed by atoms with Crippen molar-refractivity contribution in [2.45, 2.75) is 6.92 Å². The van der Waals surface area contributed by atoms with Gasteiger partial charge in [-0.1, -0.05) is 140 Å². The molecular weight excluding hydrogens is 717 g/mol. The summed E-state index contributed by atoms with van der Waals surface area (Å²) in [6, 6.07) is 64.9. The number of para-hydroxylation sites is 1. The number of fused-ring (bicyclic) bond motifs is 8. The number of hydrogen-bond donors (Lipinski definition) is 0. The molecule has 0 aliphatic carbocycles. The summed E-state index contributed by atoms with van der Waals surface area (Å²) >= 11 is 0. The van der Waals surface area contributed by atoms with Gasteiger partial charge in [-0.15, -0.1) is 0 Å². The molecule has 0 fully saturated rings. The lowest BCUT2D eigenvalue weighted by molar-refractivity contribution is 1.14. The number of rotatable bonds is 7. The molecule has 11 aromatic rings. The molecule has 11 rings (SSSR count). The summed E-state index contributed by atoms with van der Waals surface area (Å²) in [6.07, 6.45) is 6.23. The lowest BCUT2D eigenvalue weighted by Gasteiger charge is -2.14. The van der Waals surface area contributed by atoms with Crippen LogP contribution in [-0.4, -0.2) is 19.1 Å². The van der Waals surface area contributed by atoms with Gasteiger partial charge in [0.25, 0.3) is 0 Å². The minimum Gasteiger partial charge on any atom is -0.307 e. The molecule has 0 saturated heterocycles. The third-order valence-electron chi connectivity index (χ3n) is 11.6.